The van der Waals surface area contributed by atoms with Gasteiger partial charge >= 0.3 is 0 Å². The van der Waals surface area contributed by atoms with E-state index in [1.807, 2.05) is 24.5 Å². The molecule has 0 bridgehead atoms. The first-order chi connectivity index (χ1) is 9.61. The maximum Gasteiger partial charge on any atom is 0.132 e. The van der Waals surface area contributed by atoms with Crippen molar-refractivity contribution in [3.63, 3.8) is 0 Å². The monoisotopic (exact) mass is 289 g/mol. The average molecular weight is 289 g/mol. The largest absolute Gasteiger partial charge is 0.330 e. The number of thiophene rings is 1. The number of fused-ring (bicyclic) bond motifs is 1. The molecule has 2 aromatic heterocycles. The molecule has 0 unspecified atom stereocenters. The quantitative estimate of drug-likeness (QED) is 0.803. The van der Waals surface area contributed by atoms with E-state index in [9.17, 15) is 4.39 Å². The summed E-state index contributed by atoms with van der Waals surface area (Å²) in [5.74, 6) is -0.178. The second-order valence-electron chi connectivity index (χ2n) is 4.86. The Morgan fingerprint density at radius 1 is 1.35 bits per heavy atom. The average Bonchev–Trinajstić information content (AvgIpc) is 2.95. The lowest BCUT2D eigenvalue weighted by Gasteiger charge is -2.07. The summed E-state index contributed by atoms with van der Waals surface area (Å²) < 4.78 is 17.1. The Morgan fingerprint density at radius 2 is 2.15 bits per heavy atom. The van der Waals surface area contributed by atoms with Crippen molar-refractivity contribution in [3.05, 3.63) is 52.2 Å². The van der Waals surface area contributed by atoms with Crippen LogP contribution in [0.5, 0.6) is 0 Å². The highest BCUT2D eigenvalue weighted by molar-refractivity contribution is 7.19. The Hall–Kier alpha value is -1.72. The van der Waals surface area contributed by atoms with Crippen LogP contribution < -0.4 is 5.73 Å². The summed E-state index contributed by atoms with van der Waals surface area (Å²) >= 11 is 1.57. The zero-order chi connectivity index (χ0) is 14.3. The molecule has 104 valence electrons. The molecule has 0 aliphatic carbocycles. The van der Waals surface area contributed by atoms with E-state index in [1.165, 1.54) is 6.07 Å². The summed E-state index contributed by atoms with van der Waals surface area (Å²) in [6.07, 6.45) is 1.80. The summed E-state index contributed by atoms with van der Waals surface area (Å²) in [5, 5.41) is 0.698. The van der Waals surface area contributed by atoms with Crippen LogP contribution in [0.3, 0.4) is 0 Å². The highest BCUT2D eigenvalue weighted by Gasteiger charge is 2.16. The Labute approximate surface area is 120 Å². The summed E-state index contributed by atoms with van der Waals surface area (Å²) in [5.41, 5.74) is 8.90. The van der Waals surface area contributed by atoms with Gasteiger partial charge in [-0.1, -0.05) is 6.07 Å². The van der Waals surface area contributed by atoms with Crippen LogP contribution >= 0.6 is 11.3 Å². The highest BCUT2D eigenvalue weighted by Crippen LogP contribution is 2.33. The molecule has 1 aromatic carbocycles. The Balaban J connectivity index is 2.17. The molecule has 0 atom stereocenters. The molecule has 0 radical (unpaired) electrons. The number of benzene rings is 1. The third-order valence-corrected chi connectivity index (χ3v) is 4.93. The smallest absolute Gasteiger partial charge is 0.132 e. The van der Waals surface area contributed by atoms with Crippen molar-refractivity contribution in [1.29, 1.82) is 0 Å². The van der Waals surface area contributed by atoms with E-state index in [-0.39, 0.29) is 5.82 Å². The third kappa shape index (κ3) is 2.03. The van der Waals surface area contributed by atoms with Crippen LogP contribution in [0.4, 0.5) is 4.39 Å². The molecule has 2 heterocycles. The number of nitrogens with zero attached hydrogens (tertiary/aromatic N) is 2. The molecule has 3 rings (SSSR count). The molecule has 0 amide bonds. The zero-order valence-electron chi connectivity index (χ0n) is 11.5. The molecular weight excluding hydrogens is 273 g/mol. The maximum absolute atomic E-state index is 14.1. The van der Waals surface area contributed by atoms with E-state index in [2.05, 4.69) is 4.98 Å². The van der Waals surface area contributed by atoms with Gasteiger partial charge in [-0.25, -0.2) is 9.37 Å². The minimum absolute atomic E-state index is 0.178. The van der Waals surface area contributed by atoms with E-state index in [1.54, 1.807) is 23.7 Å². The first-order valence-electron chi connectivity index (χ1n) is 6.49. The Bertz CT molecular complexity index is 773. The summed E-state index contributed by atoms with van der Waals surface area (Å²) in [4.78, 5) is 5.33. The zero-order valence-corrected chi connectivity index (χ0v) is 12.3. The van der Waals surface area contributed by atoms with Gasteiger partial charge in [-0.15, -0.1) is 11.3 Å². The van der Waals surface area contributed by atoms with Crippen molar-refractivity contribution < 1.29 is 4.39 Å². The van der Waals surface area contributed by atoms with Crippen LogP contribution in [0.2, 0.25) is 0 Å². The molecule has 5 heteroatoms. The van der Waals surface area contributed by atoms with Crippen molar-refractivity contribution in [2.75, 3.05) is 0 Å². The maximum atomic E-state index is 14.1. The van der Waals surface area contributed by atoms with Gasteiger partial charge in [-0.05, 0) is 31.5 Å². The fourth-order valence-corrected chi connectivity index (χ4v) is 3.53. The molecular formula is C15H16FN3S. The van der Waals surface area contributed by atoms with Crippen molar-refractivity contribution in [2.45, 2.75) is 26.9 Å². The molecule has 0 spiro atoms. The summed E-state index contributed by atoms with van der Waals surface area (Å²) in [6, 6.07) is 5.19. The van der Waals surface area contributed by atoms with E-state index >= 15 is 0 Å². The topological polar surface area (TPSA) is 43.8 Å². The van der Waals surface area contributed by atoms with E-state index in [0.717, 1.165) is 26.5 Å². The minimum Gasteiger partial charge on any atom is -0.330 e. The first-order valence-corrected chi connectivity index (χ1v) is 7.30. The number of halogens is 1. The van der Waals surface area contributed by atoms with Gasteiger partial charge in [-0.3, -0.25) is 0 Å². The van der Waals surface area contributed by atoms with Crippen LogP contribution in [-0.2, 0) is 13.1 Å². The van der Waals surface area contributed by atoms with Gasteiger partial charge in [0.15, 0.2) is 0 Å². The number of aryl methyl sites for hydroxylation is 1. The molecule has 0 aliphatic rings. The molecule has 3 nitrogen and oxygen atoms in total. The number of rotatable bonds is 3. The van der Waals surface area contributed by atoms with Gasteiger partial charge in [0.25, 0.3) is 0 Å². The van der Waals surface area contributed by atoms with Crippen LogP contribution in [0.15, 0.2) is 24.5 Å². The molecule has 0 fully saturated rings. The van der Waals surface area contributed by atoms with Crippen LogP contribution in [0, 0.1) is 19.7 Å². The van der Waals surface area contributed by atoms with Crippen LogP contribution in [-0.4, -0.2) is 9.55 Å². The van der Waals surface area contributed by atoms with Crippen LogP contribution in [0.1, 0.15) is 21.8 Å². The fraction of sp³-hybridized carbons (Fsp3) is 0.267. The molecule has 0 saturated heterocycles. The van der Waals surface area contributed by atoms with Gasteiger partial charge in [0.05, 0.1) is 18.6 Å². The van der Waals surface area contributed by atoms with Crippen molar-refractivity contribution in [2.24, 2.45) is 5.73 Å². The van der Waals surface area contributed by atoms with Gasteiger partial charge in [-0.2, -0.15) is 0 Å². The lowest BCUT2D eigenvalue weighted by Crippen LogP contribution is -2.05. The van der Waals surface area contributed by atoms with Crippen LogP contribution in [0.25, 0.3) is 10.1 Å². The lowest BCUT2D eigenvalue weighted by atomic mass is 10.1. The second kappa shape index (κ2) is 5.00. The molecule has 0 saturated carbocycles. The SMILES string of the molecule is Cc1ncn(Cc2c(CN)sc3cccc(F)c23)c1C. The second-order valence-corrected chi connectivity index (χ2v) is 6.00. The van der Waals surface area contributed by atoms with Crippen molar-refractivity contribution in [3.8, 4) is 0 Å². The Morgan fingerprint density at radius 3 is 2.80 bits per heavy atom. The number of hydrogen-bond donors (Lipinski definition) is 1. The first kappa shape index (κ1) is 13.3. The summed E-state index contributed by atoms with van der Waals surface area (Å²) in [7, 11) is 0. The van der Waals surface area contributed by atoms with Gasteiger partial charge in [0.2, 0.25) is 0 Å². The number of hydrogen-bond acceptors (Lipinski definition) is 3. The van der Waals surface area contributed by atoms with Gasteiger partial charge in [0, 0.05) is 27.2 Å². The third-order valence-electron chi connectivity index (χ3n) is 3.71. The number of nitrogens with two attached hydrogens (primary N) is 1. The molecule has 0 aliphatic heterocycles. The van der Waals surface area contributed by atoms with Gasteiger partial charge in [0.1, 0.15) is 5.82 Å². The Kier molecular flexibility index (Phi) is 3.31. The van der Waals surface area contributed by atoms with Crippen molar-refractivity contribution >= 4 is 21.4 Å². The predicted molar refractivity (Wildman–Crippen MR) is 80.5 cm³/mol. The number of imidazole rings is 1. The van der Waals surface area contributed by atoms with Crippen molar-refractivity contribution in [1.82, 2.24) is 9.55 Å². The normalized spacial score (nSPS) is 11.4. The molecule has 20 heavy (non-hydrogen) atoms. The molecule has 3 aromatic rings. The van der Waals surface area contributed by atoms with Gasteiger partial charge < -0.3 is 10.3 Å². The van der Waals surface area contributed by atoms with E-state index < -0.39 is 0 Å². The summed E-state index contributed by atoms with van der Waals surface area (Å²) in [6.45, 7) is 5.04. The van der Waals surface area contributed by atoms with E-state index in [0.29, 0.717) is 18.5 Å². The minimum atomic E-state index is -0.178. The number of aromatic nitrogens is 2. The predicted octanol–water partition coefficient (Wildman–Crippen LogP) is 3.36. The van der Waals surface area contributed by atoms with E-state index in [4.69, 9.17) is 5.73 Å². The highest BCUT2D eigenvalue weighted by atomic mass is 32.1. The standard InChI is InChI=1S/C15H16FN3S/c1-9-10(2)19(8-18-9)7-11-14(6-17)20-13-5-3-4-12(16)15(11)13/h3-5,8H,6-7,17H2,1-2H3. The fourth-order valence-electron chi connectivity index (χ4n) is 2.42. The lowest BCUT2D eigenvalue weighted by molar-refractivity contribution is 0.637. The molecule has 2 N–H and O–H groups in total.